The molecular weight excluding hydrogens is 208 g/mol. The predicted octanol–water partition coefficient (Wildman–Crippen LogP) is 3.00. The molecule has 1 aromatic heterocycles. The molecule has 0 bridgehead atoms. The first-order valence-electron chi connectivity index (χ1n) is 5.16. The first kappa shape index (κ1) is 10.9. The fourth-order valence-electron chi connectivity index (χ4n) is 1.57. The van der Waals surface area contributed by atoms with Crippen LogP contribution in [0.5, 0.6) is 0 Å². The lowest BCUT2D eigenvalue weighted by Gasteiger charge is -2.15. The molecule has 1 aliphatic rings. The highest BCUT2D eigenvalue weighted by atomic mass is 32.1. The quantitative estimate of drug-likeness (QED) is 0.735. The molecule has 0 N–H and O–H groups in total. The van der Waals surface area contributed by atoms with Crippen molar-refractivity contribution in [1.82, 2.24) is 0 Å². The van der Waals surface area contributed by atoms with E-state index in [9.17, 15) is 0 Å². The van der Waals surface area contributed by atoms with Gasteiger partial charge in [-0.15, -0.1) is 11.3 Å². The summed E-state index contributed by atoms with van der Waals surface area (Å²) in [4.78, 5) is 1.38. The topological polar surface area (TPSA) is 18.5 Å². The molecule has 15 heavy (non-hydrogen) atoms. The van der Waals surface area contributed by atoms with Crippen molar-refractivity contribution in [3.05, 3.63) is 34.5 Å². The largest absolute Gasteiger partial charge is 0.347 e. The summed E-state index contributed by atoms with van der Waals surface area (Å²) in [5.74, 6) is -0.419. The maximum atomic E-state index is 5.66. The van der Waals surface area contributed by atoms with E-state index >= 15 is 0 Å². The van der Waals surface area contributed by atoms with Gasteiger partial charge < -0.3 is 9.47 Å². The zero-order valence-electron chi connectivity index (χ0n) is 9.10. The number of thiophene rings is 1. The summed E-state index contributed by atoms with van der Waals surface area (Å²) in [6.07, 6.45) is 5.34. The fourth-order valence-corrected chi connectivity index (χ4v) is 2.26. The van der Waals surface area contributed by atoms with Gasteiger partial charge in [0.25, 0.3) is 0 Å². The molecule has 0 saturated carbocycles. The Bertz CT molecular complexity index is 327. The molecule has 3 heteroatoms. The van der Waals surface area contributed by atoms with Crippen LogP contribution in [0.3, 0.4) is 0 Å². The minimum absolute atomic E-state index is 0.111. The summed E-state index contributed by atoms with van der Waals surface area (Å²) in [7, 11) is 0. The van der Waals surface area contributed by atoms with E-state index in [1.807, 2.05) is 13.8 Å². The van der Waals surface area contributed by atoms with Crippen molar-refractivity contribution in [3.63, 3.8) is 0 Å². The molecule has 1 saturated heterocycles. The van der Waals surface area contributed by atoms with Crippen molar-refractivity contribution in [1.29, 1.82) is 0 Å². The third-order valence-corrected chi connectivity index (χ3v) is 3.18. The van der Waals surface area contributed by atoms with Crippen LogP contribution in [0.15, 0.2) is 29.7 Å². The third kappa shape index (κ3) is 3.16. The van der Waals surface area contributed by atoms with Gasteiger partial charge in [-0.1, -0.05) is 18.2 Å². The van der Waals surface area contributed by atoms with E-state index < -0.39 is 5.79 Å². The Balaban J connectivity index is 1.80. The van der Waals surface area contributed by atoms with Gasteiger partial charge in [-0.2, -0.15) is 0 Å². The molecular formula is C12H16O2S. The molecule has 2 rings (SSSR count). The molecule has 0 radical (unpaired) electrons. The minimum atomic E-state index is -0.419. The Hall–Kier alpha value is -0.640. The molecule has 1 aliphatic heterocycles. The fraction of sp³-hybridized carbons (Fsp3) is 0.500. The smallest absolute Gasteiger partial charge is 0.163 e. The van der Waals surface area contributed by atoms with Gasteiger partial charge in [0.2, 0.25) is 0 Å². The zero-order valence-corrected chi connectivity index (χ0v) is 9.92. The Morgan fingerprint density at radius 2 is 2.47 bits per heavy atom. The van der Waals surface area contributed by atoms with E-state index in [0.29, 0.717) is 6.61 Å². The molecule has 2 heterocycles. The van der Waals surface area contributed by atoms with Gasteiger partial charge in [-0.05, 0) is 31.7 Å². The molecule has 2 nitrogen and oxygen atoms in total. The van der Waals surface area contributed by atoms with E-state index in [1.165, 1.54) is 4.88 Å². The van der Waals surface area contributed by atoms with Gasteiger partial charge in [0, 0.05) is 4.88 Å². The molecule has 0 spiro atoms. The summed E-state index contributed by atoms with van der Waals surface area (Å²) >= 11 is 1.78. The van der Waals surface area contributed by atoms with Crippen LogP contribution in [0.2, 0.25) is 0 Å². The van der Waals surface area contributed by atoms with E-state index in [1.54, 1.807) is 11.3 Å². The van der Waals surface area contributed by atoms with Crippen molar-refractivity contribution in [3.8, 4) is 0 Å². The van der Waals surface area contributed by atoms with Crippen molar-refractivity contribution in [2.45, 2.75) is 32.2 Å². The zero-order chi connectivity index (χ0) is 10.7. The number of rotatable bonds is 3. The number of hydrogen-bond donors (Lipinski definition) is 0. The van der Waals surface area contributed by atoms with Crippen molar-refractivity contribution < 1.29 is 9.47 Å². The van der Waals surface area contributed by atoms with Gasteiger partial charge in [0.15, 0.2) is 5.79 Å². The van der Waals surface area contributed by atoms with Crippen LogP contribution >= 0.6 is 11.3 Å². The average Bonchev–Trinajstić information content (AvgIpc) is 2.76. The van der Waals surface area contributed by atoms with E-state index in [4.69, 9.17) is 9.47 Å². The van der Waals surface area contributed by atoms with Crippen molar-refractivity contribution in [2.75, 3.05) is 6.61 Å². The van der Waals surface area contributed by atoms with Gasteiger partial charge in [-0.3, -0.25) is 0 Å². The van der Waals surface area contributed by atoms with Crippen LogP contribution in [-0.4, -0.2) is 18.5 Å². The summed E-state index contributed by atoms with van der Waals surface area (Å²) in [6.45, 7) is 4.55. The minimum Gasteiger partial charge on any atom is -0.347 e. The number of ether oxygens (including phenoxy) is 2. The van der Waals surface area contributed by atoms with Gasteiger partial charge in [-0.25, -0.2) is 0 Å². The van der Waals surface area contributed by atoms with Gasteiger partial charge >= 0.3 is 0 Å². The SMILES string of the molecule is CC1(C)OCC(/C=C/Cc2cccs2)O1. The lowest BCUT2D eigenvalue weighted by Crippen LogP contribution is -2.20. The van der Waals surface area contributed by atoms with Gasteiger partial charge in [0.05, 0.1) is 6.61 Å². The van der Waals surface area contributed by atoms with Crippen molar-refractivity contribution in [2.24, 2.45) is 0 Å². The third-order valence-electron chi connectivity index (χ3n) is 2.28. The normalized spacial score (nSPS) is 25.1. The molecule has 1 atom stereocenters. The Kier molecular flexibility index (Phi) is 3.24. The molecule has 0 amide bonds. The summed E-state index contributed by atoms with van der Waals surface area (Å²) < 4.78 is 11.1. The van der Waals surface area contributed by atoms with Crippen LogP contribution in [0.1, 0.15) is 18.7 Å². The maximum Gasteiger partial charge on any atom is 0.163 e. The molecule has 0 aliphatic carbocycles. The molecule has 1 aromatic rings. The Labute approximate surface area is 94.5 Å². The number of hydrogen-bond acceptors (Lipinski definition) is 3. The molecule has 1 fully saturated rings. The predicted molar refractivity (Wildman–Crippen MR) is 62.1 cm³/mol. The van der Waals surface area contributed by atoms with Crippen molar-refractivity contribution >= 4 is 11.3 Å². The second-order valence-corrected chi connectivity index (χ2v) is 5.11. The van der Waals surface area contributed by atoms with Crippen LogP contribution in [0.25, 0.3) is 0 Å². The lowest BCUT2D eigenvalue weighted by molar-refractivity contribution is -0.133. The monoisotopic (exact) mass is 224 g/mol. The number of allylic oxidation sites excluding steroid dienone is 1. The van der Waals surface area contributed by atoms with Crippen LogP contribution in [0.4, 0.5) is 0 Å². The maximum absolute atomic E-state index is 5.66. The lowest BCUT2D eigenvalue weighted by atomic mass is 10.2. The van der Waals surface area contributed by atoms with E-state index in [-0.39, 0.29) is 6.10 Å². The second kappa shape index (κ2) is 4.47. The van der Waals surface area contributed by atoms with Crippen LogP contribution in [-0.2, 0) is 15.9 Å². The van der Waals surface area contributed by atoms with Gasteiger partial charge in [0.1, 0.15) is 6.10 Å². The van der Waals surface area contributed by atoms with E-state index in [0.717, 1.165) is 6.42 Å². The highest BCUT2D eigenvalue weighted by Crippen LogP contribution is 2.23. The highest BCUT2D eigenvalue weighted by molar-refractivity contribution is 7.09. The molecule has 0 aromatic carbocycles. The van der Waals surface area contributed by atoms with Crippen LogP contribution in [0, 0.1) is 0 Å². The van der Waals surface area contributed by atoms with Crippen LogP contribution < -0.4 is 0 Å². The second-order valence-electron chi connectivity index (χ2n) is 4.08. The first-order valence-corrected chi connectivity index (χ1v) is 6.04. The summed E-state index contributed by atoms with van der Waals surface area (Å²) in [6, 6.07) is 4.22. The Morgan fingerprint density at radius 1 is 1.60 bits per heavy atom. The highest BCUT2D eigenvalue weighted by Gasteiger charge is 2.30. The van der Waals surface area contributed by atoms with E-state index in [2.05, 4.69) is 29.7 Å². The molecule has 1 unspecified atom stereocenters. The first-order chi connectivity index (χ1) is 7.16. The molecule has 82 valence electrons. The standard InChI is InChI=1S/C12H16O2S/c1-12(2)13-9-10(14-12)5-3-6-11-7-4-8-15-11/h3-5,7-8,10H,6,9H2,1-2H3/b5-3+. The summed E-state index contributed by atoms with van der Waals surface area (Å²) in [5, 5.41) is 2.10. The average molecular weight is 224 g/mol. The Morgan fingerprint density at radius 3 is 3.07 bits per heavy atom. The summed E-state index contributed by atoms with van der Waals surface area (Å²) in [5.41, 5.74) is 0.